The molecule has 3 saturated heterocycles. The highest BCUT2D eigenvalue weighted by atomic mass is 15.2. The summed E-state index contributed by atoms with van der Waals surface area (Å²) >= 11 is 0. The molecule has 2 heteroatoms. The fourth-order valence-corrected chi connectivity index (χ4v) is 1.78. The first-order chi connectivity index (χ1) is 4.45. The van der Waals surface area contributed by atoms with Crippen molar-refractivity contribution < 1.29 is 0 Å². The van der Waals surface area contributed by atoms with Gasteiger partial charge in [0.05, 0.1) is 0 Å². The number of hydrogen-bond donors (Lipinski definition) is 1. The van der Waals surface area contributed by atoms with E-state index in [2.05, 4.69) is 10.2 Å². The molecule has 0 radical (unpaired) electrons. The maximum atomic E-state index is 3.44. The highest BCUT2D eigenvalue weighted by Crippen LogP contribution is 2.17. The third kappa shape index (κ3) is 1.10. The molecule has 0 aliphatic carbocycles. The lowest BCUT2D eigenvalue weighted by atomic mass is 9.99. The lowest BCUT2D eigenvalue weighted by Crippen LogP contribution is -2.32. The van der Waals surface area contributed by atoms with Gasteiger partial charge in [-0.2, -0.15) is 0 Å². The zero-order valence-electron chi connectivity index (χ0n) is 5.77. The van der Waals surface area contributed by atoms with Crippen LogP contribution < -0.4 is 5.32 Å². The van der Waals surface area contributed by atoms with Crippen LogP contribution in [0.3, 0.4) is 0 Å². The summed E-state index contributed by atoms with van der Waals surface area (Å²) in [4.78, 5) is 2.50. The van der Waals surface area contributed by atoms with E-state index in [0.29, 0.717) is 0 Å². The number of nitrogens with one attached hydrogen (secondary N) is 1. The van der Waals surface area contributed by atoms with Crippen molar-refractivity contribution in [3.05, 3.63) is 0 Å². The van der Waals surface area contributed by atoms with Crippen molar-refractivity contribution in [2.75, 3.05) is 26.3 Å². The van der Waals surface area contributed by atoms with Crippen LogP contribution in [0.2, 0.25) is 0 Å². The predicted molar refractivity (Wildman–Crippen MR) is 37.2 cm³/mol. The molecule has 0 saturated carbocycles. The number of fused-ring (bicyclic) bond motifs is 4. The Morgan fingerprint density at radius 2 is 2.00 bits per heavy atom. The molecule has 3 rings (SSSR count). The normalized spacial score (nSPS) is 42.7. The van der Waals surface area contributed by atoms with Gasteiger partial charge in [-0.3, -0.25) is 4.90 Å². The van der Waals surface area contributed by atoms with Crippen LogP contribution in [0.1, 0.15) is 12.8 Å². The summed E-state index contributed by atoms with van der Waals surface area (Å²) in [6.07, 6.45) is 2.85. The summed E-state index contributed by atoms with van der Waals surface area (Å²) < 4.78 is 0. The summed E-state index contributed by atoms with van der Waals surface area (Å²) in [6.45, 7) is 5.06. The molecule has 2 bridgehead atoms. The van der Waals surface area contributed by atoms with Gasteiger partial charge in [0.2, 0.25) is 0 Å². The van der Waals surface area contributed by atoms with Crippen molar-refractivity contribution >= 4 is 0 Å². The van der Waals surface area contributed by atoms with E-state index in [4.69, 9.17) is 0 Å². The van der Waals surface area contributed by atoms with Crippen molar-refractivity contribution in [2.45, 2.75) is 12.8 Å². The highest BCUT2D eigenvalue weighted by molar-refractivity contribution is 4.76. The Labute approximate surface area is 56.2 Å². The Morgan fingerprint density at radius 3 is 2.78 bits per heavy atom. The second kappa shape index (κ2) is 2.27. The quantitative estimate of drug-likeness (QED) is 0.501. The fraction of sp³-hybridized carbons (Fsp3) is 1.00. The van der Waals surface area contributed by atoms with E-state index >= 15 is 0 Å². The van der Waals surface area contributed by atoms with E-state index < -0.39 is 0 Å². The zero-order chi connectivity index (χ0) is 6.10. The lowest BCUT2D eigenvalue weighted by Gasteiger charge is -2.25. The van der Waals surface area contributed by atoms with Gasteiger partial charge < -0.3 is 5.32 Å². The van der Waals surface area contributed by atoms with E-state index in [0.717, 1.165) is 12.6 Å². The average molecular weight is 126 g/mol. The third-order valence-electron chi connectivity index (χ3n) is 2.48. The molecule has 2 nitrogen and oxygen atoms in total. The van der Waals surface area contributed by atoms with Crippen molar-refractivity contribution in [1.29, 1.82) is 0 Å². The first kappa shape index (κ1) is 5.69. The molecule has 0 aromatic carbocycles. The second-order valence-electron chi connectivity index (χ2n) is 3.17. The first-order valence-electron chi connectivity index (χ1n) is 3.88. The van der Waals surface area contributed by atoms with Crippen molar-refractivity contribution in [1.82, 2.24) is 10.2 Å². The Morgan fingerprint density at radius 1 is 1.22 bits per heavy atom. The summed E-state index contributed by atoms with van der Waals surface area (Å²) in [5.41, 5.74) is 0. The van der Waals surface area contributed by atoms with Gasteiger partial charge in [-0.25, -0.2) is 0 Å². The second-order valence-corrected chi connectivity index (χ2v) is 3.17. The molecule has 1 N–H and O–H groups in total. The molecule has 9 heavy (non-hydrogen) atoms. The third-order valence-corrected chi connectivity index (χ3v) is 2.48. The molecule has 0 aromatic heterocycles. The fourth-order valence-electron chi connectivity index (χ4n) is 1.78. The minimum Gasteiger partial charge on any atom is -0.304 e. The van der Waals surface area contributed by atoms with Crippen molar-refractivity contribution in [2.24, 2.45) is 5.92 Å². The van der Waals surface area contributed by atoms with Crippen LogP contribution in [0.25, 0.3) is 0 Å². The molecule has 0 aromatic rings. The van der Waals surface area contributed by atoms with Gasteiger partial charge in [-0.15, -0.1) is 0 Å². The number of hydrogen-bond acceptors (Lipinski definition) is 2. The van der Waals surface area contributed by atoms with Crippen LogP contribution in [0.15, 0.2) is 0 Å². The van der Waals surface area contributed by atoms with Gasteiger partial charge in [-0.05, 0) is 38.4 Å². The molecular weight excluding hydrogens is 112 g/mol. The molecule has 3 heterocycles. The zero-order valence-corrected chi connectivity index (χ0v) is 5.77. The lowest BCUT2D eigenvalue weighted by molar-refractivity contribution is 0.224. The molecule has 0 amide bonds. The van der Waals surface area contributed by atoms with E-state index in [-0.39, 0.29) is 0 Å². The molecule has 52 valence electrons. The van der Waals surface area contributed by atoms with E-state index in [1.54, 1.807) is 0 Å². The summed E-state index contributed by atoms with van der Waals surface area (Å²) in [7, 11) is 0. The Bertz CT molecular complexity index is 77.6. The highest BCUT2D eigenvalue weighted by Gasteiger charge is 2.21. The van der Waals surface area contributed by atoms with Crippen LogP contribution in [0.4, 0.5) is 0 Å². The Hall–Kier alpha value is -0.0800. The van der Waals surface area contributed by atoms with Gasteiger partial charge in [0.1, 0.15) is 0 Å². The summed E-state index contributed by atoms with van der Waals surface area (Å²) in [5, 5.41) is 3.44. The van der Waals surface area contributed by atoms with Crippen LogP contribution in [-0.4, -0.2) is 31.2 Å². The van der Waals surface area contributed by atoms with Crippen molar-refractivity contribution in [3.63, 3.8) is 0 Å². The van der Waals surface area contributed by atoms with Gasteiger partial charge in [0.15, 0.2) is 0 Å². The van der Waals surface area contributed by atoms with Crippen LogP contribution in [0, 0.1) is 5.92 Å². The standard InChI is InChI=1S/C7H14N2/c1-3-9-4-2-7(1)5-8-6-9/h7-8H,1-6H2. The Kier molecular flexibility index (Phi) is 1.44. The van der Waals surface area contributed by atoms with Gasteiger partial charge in [0.25, 0.3) is 0 Å². The largest absolute Gasteiger partial charge is 0.304 e. The van der Waals surface area contributed by atoms with Gasteiger partial charge in [-0.1, -0.05) is 0 Å². The topological polar surface area (TPSA) is 15.3 Å². The molecule has 0 unspecified atom stereocenters. The number of rotatable bonds is 0. The molecule has 3 aliphatic heterocycles. The van der Waals surface area contributed by atoms with Crippen LogP contribution in [-0.2, 0) is 0 Å². The molecular formula is C7H14N2. The maximum absolute atomic E-state index is 3.44. The predicted octanol–water partition coefficient (Wildman–Crippen LogP) is 0.259. The van der Waals surface area contributed by atoms with E-state index in [1.165, 1.54) is 32.5 Å². The monoisotopic (exact) mass is 126 g/mol. The summed E-state index contributed by atoms with van der Waals surface area (Å²) in [5.74, 6) is 0.990. The SMILES string of the molecule is C1CN2CCC1CNC2. The van der Waals surface area contributed by atoms with Crippen LogP contribution >= 0.6 is 0 Å². The molecule has 3 fully saturated rings. The minimum absolute atomic E-state index is 0.990. The first-order valence-corrected chi connectivity index (χ1v) is 3.88. The molecule has 3 aliphatic rings. The van der Waals surface area contributed by atoms with E-state index in [1.807, 2.05) is 0 Å². The van der Waals surface area contributed by atoms with Crippen LogP contribution in [0.5, 0.6) is 0 Å². The number of nitrogens with zero attached hydrogens (tertiary/aromatic N) is 1. The number of piperidine rings is 1. The smallest absolute Gasteiger partial charge is 0.0480 e. The molecule has 0 spiro atoms. The van der Waals surface area contributed by atoms with Gasteiger partial charge in [0, 0.05) is 6.67 Å². The van der Waals surface area contributed by atoms with E-state index in [9.17, 15) is 0 Å². The Balaban J connectivity index is 2.03. The maximum Gasteiger partial charge on any atom is 0.0480 e. The van der Waals surface area contributed by atoms with Gasteiger partial charge >= 0.3 is 0 Å². The summed E-state index contributed by atoms with van der Waals surface area (Å²) in [6, 6.07) is 0. The molecule has 0 atom stereocenters. The average Bonchev–Trinajstić information content (AvgIpc) is 2.21. The minimum atomic E-state index is 0.990. The van der Waals surface area contributed by atoms with Crippen molar-refractivity contribution in [3.8, 4) is 0 Å².